The van der Waals surface area contributed by atoms with Gasteiger partial charge in [-0.05, 0) is 31.2 Å². The van der Waals surface area contributed by atoms with E-state index in [2.05, 4.69) is 10.3 Å². The second-order valence-electron chi connectivity index (χ2n) is 5.76. The first-order valence-electron chi connectivity index (χ1n) is 8.18. The summed E-state index contributed by atoms with van der Waals surface area (Å²) in [5.74, 6) is 0.726. The lowest BCUT2D eigenvalue weighted by Crippen LogP contribution is -2.11. The van der Waals surface area contributed by atoms with Crippen LogP contribution >= 0.6 is 11.3 Å². The zero-order chi connectivity index (χ0) is 20.3. The normalized spacial score (nSPS) is 10.4. The Kier molecular flexibility index (Phi) is 5.55. The number of nitrogens with one attached hydrogen (secondary N) is 1. The van der Waals surface area contributed by atoms with E-state index in [9.17, 15) is 14.9 Å². The first kappa shape index (κ1) is 19.3. The van der Waals surface area contributed by atoms with Gasteiger partial charge in [0, 0.05) is 28.1 Å². The molecule has 1 aromatic heterocycles. The molecule has 28 heavy (non-hydrogen) atoms. The Morgan fingerprint density at radius 3 is 2.57 bits per heavy atom. The molecule has 0 saturated heterocycles. The van der Waals surface area contributed by atoms with E-state index in [0.29, 0.717) is 22.3 Å². The molecule has 8 nitrogen and oxygen atoms in total. The van der Waals surface area contributed by atoms with Gasteiger partial charge in [0.15, 0.2) is 16.6 Å². The molecule has 0 unspecified atom stereocenters. The molecule has 2 aromatic carbocycles. The second kappa shape index (κ2) is 8.05. The van der Waals surface area contributed by atoms with Crippen molar-refractivity contribution in [2.75, 3.05) is 19.5 Å². The van der Waals surface area contributed by atoms with Crippen molar-refractivity contribution in [3.63, 3.8) is 0 Å². The molecule has 0 saturated carbocycles. The number of nitrogens with zero attached hydrogens (tertiary/aromatic N) is 2. The summed E-state index contributed by atoms with van der Waals surface area (Å²) < 4.78 is 10.6. The lowest BCUT2D eigenvalue weighted by molar-refractivity contribution is -0.384. The van der Waals surface area contributed by atoms with Crippen molar-refractivity contribution in [1.82, 2.24) is 4.98 Å². The summed E-state index contributed by atoms with van der Waals surface area (Å²) in [5, 5.41) is 14.0. The maximum atomic E-state index is 12.4. The van der Waals surface area contributed by atoms with Crippen LogP contribution in [0.4, 0.5) is 10.8 Å². The van der Waals surface area contributed by atoms with Gasteiger partial charge in [0.2, 0.25) is 0 Å². The number of amides is 1. The molecule has 3 aromatic rings. The van der Waals surface area contributed by atoms with Crippen LogP contribution in [0.1, 0.15) is 15.2 Å². The van der Waals surface area contributed by atoms with Crippen LogP contribution in [-0.4, -0.2) is 30.0 Å². The van der Waals surface area contributed by atoms with Crippen LogP contribution in [0.25, 0.3) is 11.3 Å². The number of anilines is 1. The highest BCUT2D eigenvalue weighted by atomic mass is 32.1. The number of nitro groups is 1. The number of hydrogen-bond acceptors (Lipinski definition) is 7. The minimum atomic E-state index is -0.542. The highest BCUT2D eigenvalue weighted by Crippen LogP contribution is 2.36. The van der Waals surface area contributed by atoms with E-state index in [1.165, 1.54) is 35.6 Å². The predicted molar refractivity (Wildman–Crippen MR) is 106 cm³/mol. The van der Waals surface area contributed by atoms with Crippen molar-refractivity contribution >= 4 is 28.1 Å². The van der Waals surface area contributed by atoms with Gasteiger partial charge in [0.1, 0.15) is 0 Å². The molecular weight excluding hydrogens is 382 g/mol. The molecule has 0 aliphatic heterocycles. The lowest BCUT2D eigenvalue weighted by atomic mass is 10.1. The number of carbonyl (C=O) groups is 1. The van der Waals surface area contributed by atoms with Gasteiger partial charge in [-0.1, -0.05) is 6.07 Å². The molecule has 0 bridgehead atoms. The number of aryl methyl sites for hydroxylation is 1. The maximum absolute atomic E-state index is 12.4. The van der Waals surface area contributed by atoms with E-state index in [1.807, 2.05) is 19.1 Å². The highest BCUT2D eigenvalue weighted by molar-refractivity contribution is 7.16. The molecule has 0 aliphatic rings. The number of rotatable bonds is 6. The smallest absolute Gasteiger partial charge is 0.270 e. The molecule has 0 fully saturated rings. The monoisotopic (exact) mass is 399 g/mol. The van der Waals surface area contributed by atoms with Gasteiger partial charge in [-0.15, -0.1) is 11.3 Å². The zero-order valence-electron chi connectivity index (χ0n) is 15.4. The average Bonchev–Trinajstić information content (AvgIpc) is 3.07. The molecule has 1 heterocycles. The minimum Gasteiger partial charge on any atom is -0.493 e. The van der Waals surface area contributed by atoms with Crippen molar-refractivity contribution in [2.45, 2.75) is 6.92 Å². The first-order valence-corrected chi connectivity index (χ1v) is 9.00. The summed E-state index contributed by atoms with van der Waals surface area (Å²) in [6, 6.07) is 11.0. The van der Waals surface area contributed by atoms with Gasteiger partial charge in [-0.2, -0.15) is 0 Å². The summed E-state index contributed by atoms with van der Waals surface area (Å²) in [5.41, 5.74) is 1.58. The highest BCUT2D eigenvalue weighted by Gasteiger charge is 2.16. The van der Waals surface area contributed by atoms with Gasteiger partial charge in [-0.25, -0.2) is 4.98 Å². The Morgan fingerprint density at radius 2 is 1.89 bits per heavy atom. The maximum Gasteiger partial charge on any atom is 0.270 e. The van der Waals surface area contributed by atoms with Crippen LogP contribution in [0, 0.1) is 17.0 Å². The molecule has 0 aliphatic carbocycles. The molecule has 1 N–H and O–H groups in total. The van der Waals surface area contributed by atoms with Crippen LogP contribution in [0.3, 0.4) is 0 Å². The molecule has 1 amide bonds. The molecule has 0 spiro atoms. The van der Waals surface area contributed by atoms with E-state index < -0.39 is 10.8 Å². The summed E-state index contributed by atoms with van der Waals surface area (Å²) in [7, 11) is 3.12. The third-order valence-corrected chi connectivity index (χ3v) is 4.88. The van der Waals surface area contributed by atoms with E-state index in [0.717, 1.165) is 10.4 Å². The fourth-order valence-electron chi connectivity index (χ4n) is 2.63. The van der Waals surface area contributed by atoms with Crippen LogP contribution in [0.15, 0.2) is 42.5 Å². The number of benzene rings is 2. The van der Waals surface area contributed by atoms with Crippen LogP contribution < -0.4 is 14.8 Å². The lowest BCUT2D eigenvalue weighted by Gasteiger charge is -2.08. The van der Waals surface area contributed by atoms with E-state index in [1.54, 1.807) is 20.3 Å². The summed E-state index contributed by atoms with van der Waals surface area (Å²) >= 11 is 1.32. The van der Waals surface area contributed by atoms with Gasteiger partial charge < -0.3 is 9.47 Å². The summed E-state index contributed by atoms with van der Waals surface area (Å²) in [6.45, 7) is 1.90. The van der Waals surface area contributed by atoms with Crippen LogP contribution in [0.2, 0.25) is 0 Å². The van der Waals surface area contributed by atoms with Crippen molar-refractivity contribution in [2.24, 2.45) is 0 Å². The van der Waals surface area contributed by atoms with Gasteiger partial charge in [-0.3, -0.25) is 20.2 Å². The Balaban J connectivity index is 1.85. The molecule has 0 atom stereocenters. The Labute approximate surface area is 164 Å². The average molecular weight is 399 g/mol. The number of ether oxygens (including phenoxy) is 2. The largest absolute Gasteiger partial charge is 0.493 e. The fraction of sp³-hybridized carbons (Fsp3) is 0.158. The molecule has 9 heteroatoms. The summed E-state index contributed by atoms with van der Waals surface area (Å²) in [4.78, 5) is 28.2. The number of carbonyl (C=O) groups excluding carboxylic acids is 1. The quantitative estimate of drug-likeness (QED) is 0.490. The van der Waals surface area contributed by atoms with Crippen LogP contribution in [0.5, 0.6) is 11.5 Å². The molecule has 0 radical (unpaired) electrons. The Hall–Kier alpha value is -3.46. The number of hydrogen-bond donors (Lipinski definition) is 1. The molecular formula is C19H17N3O5S. The van der Waals surface area contributed by atoms with Gasteiger partial charge in [0.05, 0.1) is 24.8 Å². The first-order chi connectivity index (χ1) is 13.4. The third-order valence-electron chi connectivity index (χ3n) is 3.99. The van der Waals surface area contributed by atoms with Crippen molar-refractivity contribution in [3.8, 4) is 22.8 Å². The van der Waals surface area contributed by atoms with E-state index in [4.69, 9.17) is 9.47 Å². The number of methoxy groups -OCH3 is 2. The topological polar surface area (TPSA) is 104 Å². The SMILES string of the molecule is COc1ccc(-c2nc(NC(=O)c3cccc([N+](=O)[O-])c3)sc2C)cc1OC. The van der Waals surface area contributed by atoms with Gasteiger partial charge in [0.25, 0.3) is 11.6 Å². The van der Waals surface area contributed by atoms with E-state index in [-0.39, 0.29) is 11.3 Å². The zero-order valence-corrected chi connectivity index (χ0v) is 16.2. The third kappa shape index (κ3) is 3.94. The minimum absolute atomic E-state index is 0.144. The van der Waals surface area contributed by atoms with Crippen molar-refractivity contribution in [1.29, 1.82) is 0 Å². The second-order valence-corrected chi connectivity index (χ2v) is 6.96. The van der Waals surface area contributed by atoms with Crippen molar-refractivity contribution < 1.29 is 19.2 Å². The Bertz CT molecular complexity index is 1050. The summed E-state index contributed by atoms with van der Waals surface area (Å²) in [6.07, 6.45) is 0. The standard InChI is InChI=1S/C19H17N3O5S/c1-11-17(12-7-8-15(26-2)16(10-12)27-3)20-19(28-11)21-18(23)13-5-4-6-14(9-13)22(24)25/h4-10H,1-3H3,(H,20,21,23). The number of thiazole rings is 1. The number of aromatic nitrogens is 1. The molecule has 144 valence electrons. The van der Waals surface area contributed by atoms with E-state index >= 15 is 0 Å². The Morgan fingerprint density at radius 1 is 1.14 bits per heavy atom. The van der Waals surface area contributed by atoms with Crippen LogP contribution in [-0.2, 0) is 0 Å². The predicted octanol–water partition coefficient (Wildman–Crippen LogP) is 4.30. The van der Waals surface area contributed by atoms with Gasteiger partial charge >= 0.3 is 0 Å². The number of nitro benzene ring substituents is 1. The molecule has 3 rings (SSSR count). The fourth-order valence-corrected chi connectivity index (χ4v) is 3.46. The van der Waals surface area contributed by atoms with Crippen molar-refractivity contribution in [3.05, 3.63) is 63.0 Å². The number of non-ortho nitro benzene ring substituents is 1.